The predicted molar refractivity (Wildman–Crippen MR) is 78.7 cm³/mol. The molecule has 6 nitrogen and oxygen atoms in total. The van der Waals surface area contributed by atoms with E-state index in [9.17, 15) is 4.79 Å². The van der Waals surface area contributed by atoms with Crippen LogP contribution in [0.2, 0.25) is 0 Å². The zero-order chi connectivity index (χ0) is 14.9. The van der Waals surface area contributed by atoms with Gasteiger partial charge < -0.3 is 4.90 Å². The molecule has 0 unspecified atom stereocenters. The van der Waals surface area contributed by atoms with Crippen molar-refractivity contribution < 1.29 is 4.79 Å². The summed E-state index contributed by atoms with van der Waals surface area (Å²) in [5.41, 5.74) is 2.27. The van der Waals surface area contributed by atoms with E-state index in [-0.39, 0.29) is 11.3 Å². The number of aromatic nitrogens is 4. The van der Waals surface area contributed by atoms with Crippen molar-refractivity contribution in [1.29, 1.82) is 0 Å². The molecule has 21 heavy (non-hydrogen) atoms. The highest BCUT2D eigenvalue weighted by molar-refractivity contribution is 5.76. The Balaban J connectivity index is 1.73. The van der Waals surface area contributed by atoms with Crippen molar-refractivity contribution in [3.63, 3.8) is 0 Å². The molecule has 1 atom stereocenters. The van der Waals surface area contributed by atoms with E-state index in [1.807, 2.05) is 23.4 Å². The minimum absolute atomic E-state index is 0.0430. The third-order valence-electron chi connectivity index (χ3n) is 4.34. The predicted octanol–water partition coefficient (Wildman–Crippen LogP) is 1.49. The monoisotopic (exact) mass is 287 g/mol. The minimum atomic E-state index is -0.0430. The second-order valence-electron chi connectivity index (χ2n) is 6.11. The number of piperidine rings is 1. The van der Waals surface area contributed by atoms with Gasteiger partial charge in [0.05, 0.1) is 6.20 Å². The molecule has 1 saturated heterocycles. The first kappa shape index (κ1) is 13.9. The maximum Gasteiger partial charge on any atom is 0.244 e. The fourth-order valence-corrected chi connectivity index (χ4v) is 3.25. The molecule has 0 saturated carbocycles. The van der Waals surface area contributed by atoms with E-state index in [1.54, 1.807) is 10.9 Å². The molecule has 2 aromatic heterocycles. The first-order valence-corrected chi connectivity index (χ1v) is 7.34. The molecule has 3 rings (SSSR count). The van der Waals surface area contributed by atoms with Crippen molar-refractivity contribution in [1.82, 2.24) is 24.9 Å². The molecule has 1 amide bonds. The number of carbonyl (C=O) groups is 1. The van der Waals surface area contributed by atoms with Gasteiger partial charge in [0.1, 0.15) is 6.54 Å². The summed E-state index contributed by atoms with van der Waals surface area (Å²) in [5.74, 6) is 0.127. The van der Waals surface area contributed by atoms with Crippen LogP contribution in [0.15, 0.2) is 24.7 Å². The second kappa shape index (κ2) is 5.35. The molecule has 2 aromatic rings. The van der Waals surface area contributed by atoms with Crippen molar-refractivity contribution in [2.24, 2.45) is 0 Å². The lowest BCUT2D eigenvalue weighted by molar-refractivity contribution is -0.134. The topological polar surface area (TPSA) is 66.8 Å². The van der Waals surface area contributed by atoms with Gasteiger partial charge in [-0.25, -0.2) is 0 Å². The number of H-pyrrole nitrogens is 1. The summed E-state index contributed by atoms with van der Waals surface area (Å²) in [4.78, 5) is 14.4. The number of nitrogens with zero attached hydrogens (tertiary/aromatic N) is 4. The number of nitrogens with one attached hydrogen (secondary N) is 1. The number of aromatic amines is 1. The third-order valence-corrected chi connectivity index (χ3v) is 4.34. The number of carbonyl (C=O) groups excluding carboxylic acids is 1. The molecule has 1 aliphatic rings. The van der Waals surface area contributed by atoms with Crippen molar-refractivity contribution in [3.05, 3.63) is 35.9 Å². The van der Waals surface area contributed by atoms with E-state index < -0.39 is 0 Å². The van der Waals surface area contributed by atoms with Gasteiger partial charge in [0.25, 0.3) is 0 Å². The number of amides is 1. The van der Waals surface area contributed by atoms with Gasteiger partial charge >= 0.3 is 0 Å². The summed E-state index contributed by atoms with van der Waals surface area (Å²) in [7, 11) is 0. The molecule has 0 radical (unpaired) electrons. The van der Waals surface area contributed by atoms with Crippen molar-refractivity contribution in [2.45, 2.75) is 38.6 Å². The highest BCUT2D eigenvalue weighted by Gasteiger charge is 2.36. The minimum Gasteiger partial charge on any atom is -0.340 e. The summed E-state index contributed by atoms with van der Waals surface area (Å²) in [5, 5.41) is 11.3. The molecule has 0 spiro atoms. The van der Waals surface area contributed by atoms with Crippen LogP contribution in [0.4, 0.5) is 0 Å². The quantitative estimate of drug-likeness (QED) is 0.930. The molecular formula is C15H21N5O. The zero-order valence-corrected chi connectivity index (χ0v) is 12.5. The van der Waals surface area contributed by atoms with Gasteiger partial charge in [-0.05, 0) is 31.4 Å². The van der Waals surface area contributed by atoms with E-state index in [4.69, 9.17) is 0 Å². The Morgan fingerprint density at radius 2 is 2.38 bits per heavy atom. The first-order valence-electron chi connectivity index (χ1n) is 7.34. The van der Waals surface area contributed by atoms with Crippen LogP contribution in [-0.4, -0.2) is 43.9 Å². The average molecular weight is 287 g/mol. The molecule has 0 bridgehead atoms. The summed E-state index contributed by atoms with van der Waals surface area (Å²) in [6.45, 7) is 6.14. The number of hydrogen-bond acceptors (Lipinski definition) is 3. The summed E-state index contributed by atoms with van der Waals surface area (Å²) >= 11 is 0. The van der Waals surface area contributed by atoms with Gasteiger partial charge in [0.2, 0.25) is 5.91 Å². The lowest BCUT2D eigenvalue weighted by Gasteiger charge is -2.40. The third kappa shape index (κ3) is 2.70. The Bertz CT molecular complexity index is 618. The molecule has 0 aliphatic carbocycles. The van der Waals surface area contributed by atoms with Gasteiger partial charge in [-0.15, -0.1) is 0 Å². The van der Waals surface area contributed by atoms with Gasteiger partial charge in [0, 0.05) is 36.6 Å². The lowest BCUT2D eigenvalue weighted by atomic mass is 9.77. The Hall–Kier alpha value is -2.11. The molecule has 1 aliphatic heterocycles. The second-order valence-corrected chi connectivity index (χ2v) is 6.11. The van der Waals surface area contributed by atoms with E-state index in [0.29, 0.717) is 6.54 Å². The Labute approximate surface area is 124 Å². The fourth-order valence-electron chi connectivity index (χ4n) is 3.25. The van der Waals surface area contributed by atoms with Crippen molar-refractivity contribution >= 4 is 5.91 Å². The number of hydrogen-bond donors (Lipinski definition) is 1. The standard InChI is InChI=1S/C15H21N5O/c1-12-9-16-18-14(12)15(2)5-3-7-19(11-15)13(21)10-20-8-4-6-17-20/h4,6,8-9H,3,5,7,10-11H2,1-2H3,(H,16,18)/t15-/m1/s1. The van der Waals surface area contributed by atoms with Crippen LogP contribution < -0.4 is 0 Å². The molecular weight excluding hydrogens is 266 g/mol. The fraction of sp³-hybridized carbons (Fsp3) is 0.533. The van der Waals surface area contributed by atoms with Crippen molar-refractivity contribution in [3.8, 4) is 0 Å². The summed E-state index contributed by atoms with van der Waals surface area (Å²) < 4.78 is 1.68. The Kier molecular flexibility index (Phi) is 3.53. The molecule has 3 heterocycles. The lowest BCUT2D eigenvalue weighted by Crippen LogP contribution is -2.48. The van der Waals surface area contributed by atoms with Crippen molar-refractivity contribution in [2.75, 3.05) is 13.1 Å². The van der Waals surface area contributed by atoms with Crippen LogP contribution in [0.5, 0.6) is 0 Å². The van der Waals surface area contributed by atoms with E-state index in [1.165, 1.54) is 5.56 Å². The Morgan fingerprint density at radius 3 is 3.05 bits per heavy atom. The van der Waals surface area contributed by atoms with Crippen LogP contribution in [0.1, 0.15) is 31.0 Å². The summed E-state index contributed by atoms with van der Waals surface area (Å²) in [6, 6.07) is 1.83. The van der Waals surface area contributed by atoms with Crippen LogP contribution in [-0.2, 0) is 16.8 Å². The average Bonchev–Trinajstić information content (AvgIpc) is 3.10. The SMILES string of the molecule is Cc1cn[nH]c1[C@]1(C)CCCN(C(=O)Cn2cccn2)C1. The first-order chi connectivity index (χ1) is 10.1. The Morgan fingerprint density at radius 1 is 1.52 bits per heavy atom. The smallest absolute Gasteiger partial charge is 0.244 e. The molecule has 112 valence electrons. The maximum absolute atomic E-state index is 12.4. The van der Waals surface area contributed by atoms with Crippen LogP contribution in [0.25, 0.3) is 0 Å². The molecule has 1 N–H and O–H groups in total. The number of aryl methyl sites for hydroxylation is 1. The molecule has 1 fully saturated rings. The van der Waals surface area contributed by atoms with Crippen LogP contribution >= 0.6 is 0 Å². The van der Waals surface area contributed by atoms with Crippen LogP contribution in [0, 0.1) is 6.92 Å². The number of rotatable bonds is 3. The highest BCUT2D eigenvalue weighted by Crippen LogP contribution is 2.34. The highest BCUT2D eigenvalue weighted by atomic mass is 16.2. The normalized spacial score (nSPS) is 22.5. The van der Waals surface area contributed by atoms with Crippen LogP contribution in [0.3, 0.4) is 0 Å². The van der Waals surface area contributed by atoms with Gasteiger partial charge in [-0.2, -0.15) is 10.2 Å². The van der Waals surface area contributed by atoms with Gasteiger partial charge in [-0.1, -0.05) is 6.92 Å². The maximum atomic E-state index is 12.4. The largest absolute Gasteiger partial charge is 0.340 e. The number of likely N-dealkylation sites (tertiary alicyclic amines) is 1. The van der Waals surface area contributed by atoms with E-state index in [2.05, 4.69) is 29.1 Å². The summed E-state index contributed by atoms with van der Waals surface area (Å²) in [6.07, 6.45) is 7.45. The zero-order valence-electron chi connectivity index (χ0n) is 12.5. The van der Waals surface area contributed by atoms with E-state index >= 15 is 0 Å². The molecule has 6 heteroatoms. The molecule has 0 aromatic carbocycles. The van der Waals surface area contributed by atoms with Gasteiger partial charge in [-0.3, -0.25) is 14.6 Å². The van der Waals surface area contributed by atoms with Gasteiger partial charge in [0.15, 0.2) is 0 Å². The van der Waals surface area contributed by atoms with E-state index in [0.717, 1.165) is 31.6 Å².